The zero-order valence-corrected chi connectivity index (χ0v) is 24.6. The van der Waals surface area contributed by atoms with Gasteiger partial charge < -0.3 is 28.4 Å². The molecule has 0 aliphatic rings. The SMILES string of the molecule is COc1ccc(-c2ccc(OC)cc2C(=O)C(=O)c2ccc(OC)c(OC)c2)c(CCc2ccc(OC)c(OC)c2)c1. The molecule has 0 fully saturated rings. The lowest BCUT2D eigenvalue weighted by Gasteiger charge is -2.16. The number of carbonyl (C=O) groups is 2. The molecule has 42 heavy (non-hydrogen) atoms. The van der Waals surface area contributed by atoms with E-state index in [9.17, 15) is 9.59 Å². The third-order valence-corrected chi connectivity index (χ3v) is 7.06. The molecule has 4 aromatic rings. The molecular formula is C34H34O8. The molecule has 0 N–H and O–H groups in total. The van der Waals surface area contributed by atoms with Crippen molar-refractivity contribution in [3.8, 4) is 45.6 Å². The third-order valence-electron chi connectivity index (χ3n) is 7.06. The Bertz CT molecular complexity index is 1590. The Balaban J connectivity index is 1.75. The Labute approximate surface area is 245 Å². The van der Waals surface area contributed by atoms with E-state index in [2.05, 4.69) is 0 Å². The second kappa shape index (κ2) is 13.6. The van der Waals surface area contributed by atoms with Crippen molar-refractivity contribution in [1.29, 1.82) is 0 Å². The minimum absolute atomic E-state index is 0.190. The van der Waals surface area contributed by atoms with Gasteiger partial charge >= 0.3 is 0 Å². The van der Waals surface area contributed by atoms with Gasteiger partial charge in [0.15, 0.2) is 23.0 Å². The maximum absolute atomic E-state index is 13.8. The predicted molar refractivity (Wildman–Crippen MR) is 160 cm³/mol. The molecule has 0 aromatic heterocycles. The Hall–Kier alpha value is -4.98. The van der Waals surface area contributed by atoms with Crippen LogP contribution in [0.1, 0.15) is 31.8 Å². The van der Waals surface area contributed by atoms with E-state index in [-0.39, 0.29) is 11.1 Å². The van der Waals surface area contributed by atoms with Crippen LogP contribution in [0.15, 0.2) is 72.8 Å². The van der Waals surface area contributed by atoms with Gasteiger partial charge in [0.25, 0.3) is 0 Å². The molecule has 4 rings (SSSR count). The number of hydrogen-bond acceptors (Lipinski definition) is 8. The van der Waals surface area contributed by atoms with Gasteiger partial charge in [-0.05, 0) is 95.8 Å². The second-order valence-electron chi connectivity index (χ2n) is 9.35. The van der Waals surface area contributed by atoms with Crippen LogP contribution in [0.4, 0.5) is 0 Å². The normalized spacial score (nSPS) is 10.5. The van der Waals surface area contributed by atoms with Crippen LogP contribution < -0.4 is 28.4 Å². The smallest absolute Gasteiger partial charge is 0.234 e. The molecule has 0 saturated carbocycles. The Morgan fingerprint density at radius 2 is 1.07 bits per heavy atom. The lowest BCUT2D eigenvalue weighted by Crippen LogP contribution is -2.16. The van der Waals surface area contributed by atoms with Crippen LogP contribution in [0.2, 0.25) is 0 Å². The highest BCUT2D eigenvalue weighted by molar-refractivity contribution is 6.50. The maximum atomic E-state index is 13.8. The zero-order chi connectivity index (χ0) is 30.2. The maximum Gasteiger partial charge on any atom is 0.234 e. The van der Waals surface area contributed by atoms with Crippen molar-refractivity contribution in [2.45, 2.75) is 12.8 Å². The number of benzene rings is 4. The fraction of sp³-hybridized carbons (Fsp3) is 0.235. The summed E-state index contributed by atoms with van der Waals surface area (Å²) >= 11 is 0. The Morgan fingerprint density at radius 3 is 1.69 bits per heavy atom. The largest absolute Gasteiger partial charge is 0.497 e. The minimum Gasteiger partial charge on any atom is -0.497 e. The molecule has 0 atom stereocenters. The van der Waals surface area contributed by atoms with Crippen molar-refractivity contribution >= 4 is 11.6 Å². The molecule has 8 heteroatoms. The summed E-state index contributed by atoms with van der Waals surface area (Å²) in [7, 11) is 9.31. The highest BCUT2D eigenvalue weighted by Crippen LogP contribution is 2.35. The second-order valence-corrected chi connectivity index (χ2v) is 9.35. The summed E-state index contributed by atoms with van der Waals surface area (Å²) in [4.78, 5) is 27.3. The van der Waals surface area contributed by atoms with Crippen LogP contribution in [-0.4, -0.2) is 54.2 Å². The van der Waals surface area contributed by atoms with E-state index in [1.807, 2.05) is 36.4 Å². The van der Waals surface area contributed by atoms with Gasteiger partial charge in [-0.3, -0.25) is 9.59 Å². The van der Waals surface area contributed by atoms with Crippen molar-refractivity contribution in [2.75, 3.05) is 42.7 Å². The first-order chi connectivity index (χ1) is 20.4. The van der Waals surface area contributed by atoms with Gasteiger partial charge in [-0.1, -0.05) is 12.1 Å². The molecule has 0 unspecified atom stereocenters. The Morgan fingerprint density at radius 1 is 0.500 bits per heavy atom. The highest BCUT2D eigenvalue weighted by Gasteiger charge is 2.25. The highest BCUT2D eigenvalue weighted by atomic mass is 16.5. The molecule has 0 radical (unpaired) electrons. The lowest BCUT2D eigenvalue weighted by atomic mass is 9.89. The van der Waals surface area contributed by atoms with Crippen molar-refractivity contribution in [2.24, 2.45) is 0 Å². The van der Waals surface area contributed by atoms with Gasteiger partial charge in [0.2, 0.25) is 11.6 Å². The number of ether oxygens (including phenoxy) is 6. The van der Waals surface area contributed by atoms with Crippen molar-refractivity contribution in [1.82, 2.24) is 0 Å². The first kappa shape index (κ1) is 30.0. The molecule has 8 nitrogen and oxygen atoms in total. The number of hydrogen-bond donors (Lipinski definition) is 0. The monoisotopic (exact) mass is 570 g/mol. The molecular weight excluding hydrogens is 536 g/mol. The number of rotatable bonds is 13. The van der Waals surface area contributed by atoms with Crippen LogP contribution in [0.25, 0.3) is 11.1 Å². The first-order valence-corrected chi connectivity index (χ1v) is 13.2. The van der Waals surface area contributed by atoms with Crippen molar-refractivity contribution in [3.63, 3.8) is 0 Å². The van der Waals surface area contributed by atoms with Crippen LogP contribution in [0, 0.1) is 0 Å². The van der Waals surface area contributed by atoms with Crippen molar-refractivity contribution in [3.05, 3.63) is 95.1 Å². The molecule has 0 saturated heterocycles. The summed E-state index contributed by atoms with van der Waals surface area (Å²) in [5.41, 5.74) is 3.83. The molecule has 0 aliphatic heterocycles. The summed E-state index contributed by atoms with van der Waals surface area (Å²) < 4.78 is 32.4. The third kappa shape index (κ3) is 6.33. The van der Waals surface area contributed by atoms with Gasteiger partial charge in [-0.2, -0.15) is 0 Å². The minimum atomic E-state index is -0.675. The van der Waals surface area contributed by atoms with E-state index in [1.54, 1.807) is 51.7 Å². The van der Waals surface area contributed by atoms with Crippen LogP contribution in [0.3, 0.4) is 0 Å². The van der Waals surface area contributed by atoms with E-state index >= 15 is 0 Å². The summed E-state index contributed by atoms with van der Waals surface area (Å²) in [6.07, 6.45) is 1.32. The average Bonchev–Trinajstić information content (AvgIpc) is 3.05. The van der Waals surface area contributed by atoms with Crippen molar-refractivity contribution < 1.29 is 38.0 Å². The molecule has 0 heterocycles. The molecule has 4 aromatic carbocycles. The zero-order valence-electron chi connectivity index (χ0n) is 24.6. The summed E-state index contributed by atoms with van der Waals surface area (Å²) in [5, 5.41) is 0. The first-order valence-electron chi connectivity index (χ1n) is 13.2. The number of ketones is 2. The number of aryl methyl sites for hydroxylation is 2. The number of methoxy groups -OCH3 is 6. The predicted octanol–water partition coefficient (Wildman–Crippen LogP) is 6.26. The van der Waals surface area contributed by atoms with Gasteiger partial charge in [0, 0.05) is 11.1 Å². The van der Waals surface area contributed by atoms with E-state index < -0.39 is 11.6 Å². The number of Topliss-reactive ketones (excluding diaryl/α,β-unsaturated/α-hetero) is 2. The summed E-state index contributed by atoms with van der Waals surface area (Å²) in [5.74, 6) is 1.92. The lowest BCUT2D eigenvalue weighted by molar-refractivity contribution is 0.0817. The van der Waals surface area contributed by atoms with Gasteiger partial charge in [-0.25, -0.2) is 0 Å². The average molecular weight is 571 g/mol. The summed E-state index contributed by atoms with van der Waals surface area (Å²) in [6.45, 7) is 0. The topological polar surface area (TPSA) is 89.5 Å². The van der Waals surface area contributed by atoms with Gasteiger partial charge in [0.05, 0.1) is 42.7 Å². The Kier molecular flexibility index (Phi) is 9.70. The molecule has 0 spiro atoms. The van der Waals surface area contributed by atoms with Crippen LogP contribution in [-0.2, 0) is 12.8 Å². The van der Waals surface area contributed by atoms with Crippen LogP contribution in [0.5, 0.6) is 34.5 Å². The van der Waals surface area contributed by atoms with Crippen LogP contribution >= 0.6 is 0 Å². The van der Waals surface area contributed by atoms with E-state index in [0.29, 0.717) is 52.9 Å². The number of carbonyl (C=O) groups excluding carboxylic acids is 2. The molecule has 0 bridgehead atoms. The standard InChI is InChI=1S/C34H34O8/c1-37-24-11-13-26(22(18-24)9-7-21-8-15-29(39-3)31(17-21)41-5)27-14-12-25(38-2)20-28(27)34(36)33(35)23-10-16-30(40-4)32(19-23)42-6/h8,10-20H,7,9H2,1-6H3. The molecule has 218 valence electrons. The van der Waals surface area contributed by atoms with E-state index in [0.717, 1.165) is 16.7 Å². The summed E-state index contributed by atoms with van der Waals surface area (Å²) in [6, 6.07) is 21.3. The molecule has 0 aliphatic carbocycles. The fourth-order valence-electron chi connectivity index (χ4n) is 4.79. The van der Waals surface area contributed by atoms with Gasteiger partial charge in [-0.15, -0.1) is 0 Å². The fourth-order valence-corrected chi connectivity index (χ4v) is 4.79. The van der Waals surface area contributed by atoms with E-state index in [4.69, 9.17) is 28.4 Å². The van der Waals surface area contributed by atoms with Gasteiger partial charge in [0.1, 0.15) is 11.5 Å². The quantitative estimate of drug-likeness (QED) is 0.138. The molecule has 0 amide bonds. The van der Waals surface area contributed by atoms with E-state index in [1.165, 1.54) is 27.4 Å².